The Morgan fingerprint density at radius 1 is 1.17 bits per heavy atom. The highest BCUT2D eigenvalue weighted by Gasteiger charge is 2.41. The number of rotatable bonds is 5. The van der Waals surface area contributed by atoms with E-state index in [0.717, 1.165) is 31.2 Å². The second kappa shape index (κ2) is 10.3. The van der Waals surface area contributed by atoms with Crippen LogP contribution in [0, 0.1) is 5.82 Å². The molecule has 3 unspecified atom stereocenters. The normalized spacial score (nSPS) is 23.5. The molecule has 1 saturated carbocycles. The maximum atomic E-state index is 14.3. The molecule has 2 fully saturated rings. The van der Waals surface area contributed by atoms with Crippen molar-refractivity contribution >= 4 is 29.7 Å². The van der Waals surface area contributed by atoms with Gasteiger partial charge < -0.3 is 19.7 Å². The number of carbonyl (C=O) groups excluding carboxylic acids is 2. The first-order valence-corrected chi connectivity index (χ1v) is 13.0. The minimum Gasteiger partial charge on any atom is -0.486 e. The molecule has 2 heterocycles. The predicted octanol–water partition coefficient (Wildman–Crippen LogP) is 4.70. The highest BCUT2D eigenvalue weighted by molar-refractivity contribution is 8.04. The largest absolute Gasteiger partial charge is 0.486 e. The lowest BCUT2D eigenvalue weighted by atomic mass is 9.93. The molecule has 2 aromatic carbocycles. The molecule has 8 heteroatoms. The summed E-state index contributed by atoms with van der Waals surface area (Å²) in [5.41, 5.74) is 1.29. The Morgan fingerprint density at radius 3 is 2.77 bits per heavy atom. The maximum Gasteiger partial charge on any atom is 0.261 e. The summed E-state index contributed by atoms with van der Waals surface area (Å²) in [6, 6.07) is 11.8. The zero-order chi connectivity index (χ0) is 24.4. The zero-order valence-electron chi connectivity index (χ0n) is 19.7. The van der Waals surface area contributed by atoms with Gasteiger partial charge in [0, 0.05) is 16.9 Å². The number of nitrogens with one attached hydrogen (secondary N) is 1. The molecule has 0 aromatic heterocycles. The van der Waals surface area contributed by atoms with E-state index in [1.165, 1.54) is 17.8 Å². The summed E-state index contributed by atoms with van der Waals surface area (Å²) in [5.74, 6) is 0.584. The van der Waals surface area contributed by atoms with Crippen LogP contribution in [0.4, 0.5) is 4.39 Å². The first-order valence-electron chi connectivity index (χ1n) is 12.1. The molecule has 2 aliphatic heterocycles. The summed E-state index contributed by atoms with van der Waals surface area (Å²) < 4.78 is 25.5. The number of hydrogen-bond acceptors (Lipinski definition) is 5. The fourth-order valence-corrected chi connectivity index (χ4v) is 6.41. The molecular weight excluding hydrogens is 467 g/mol. The molecule has 1 saturated heterocycles. The Balaban J connectivity index is 1.32. The molecule has 0 radical (unpaired) electrons. The molecule has 35 heavy (non-hydrogen) atoms. The first kappa shape index (κ1) is 23.7. The maximum absolute atomic E-state index is 14.3. The van der Waals surface area contributed by atoms with Crippen LogP contribution in [0.25, 0.3) is 6.08 Å². The zero-order valence-corrected chi connectivity index (χ0v) is 20.5. The molecule has 1 aliphatic carbocycles. The van der Waals surface area contributed by atoms with Crippen molar-refractivity contribution in [2.24, 2.45) is 0 Å². The van der Waals surface area contributed by atoms with Crippen LogP contribution in [0.1, 0.15) is 49.8 Å². The molecule has 6 nitrogen and oxygen atoms in total. The van der Waals surface area contributed by atoms with Gasteiger partial charge >= 0.3 is 0 Å². The summed E-state index contributed by atoms with van der Waals surface area (Å²) in [6.07, 6.45) is 5.60. The van der Waals surface area contributed by atoms with Gasteiger partial charge in [0.15, 0.2) is 11.5 Å². The molecule has 184 valence electrons. The average Bonchev–Trinajstić information content (AvgIpc) is 2.87. The molecule has 3 atom stereocenters. The second-order valence-corrected chi connectivity index (χ2v) is 10.4. The van der Waals surface area contributed by atoms with E-state index >= 15 is 0 Å². The first-order chi connectivity index (χ1) is 17.0. The van der Waals surface area contributed by atoms with Crippen LogP contribution in [0.5, 0.6) is 11.5 Å². The molecule has 2 aromatic rings. The van der Waals surface area contributed by atoms with Gasteiger partial charge in [-0.05, 0) is 49.6 Å². The Labute approximate surface area is 208 Å². The summed E-state index contributed by atoms with van der Waals surface area (Å²) in [7, 11) is 0. The number of benzene rings is 2. The van der Waals surface area contributed by atoms with E-state index in [1.54, 1.807) is 29.2 Å². The van der Waals surface area contributed by atoms with Gasteiger partial charge in [0.1, 0.15) is 25.6 Å². The summed E-state index contributed by atoms with van der Waals surface area (Å²) in [4.78, 5) is 28.7. The summed E-state index contributed by atoms with van der Waals surface area (Å²) in [6.45, 7) is 2.90. The van der Waals surface area contributed by atoms with E-state index in [0.29, 0.717) is 35.2 Å². The smallest absolute Gasteiger partial charge is 0.261 e. The molecule has 0 spiro atoms. The topological polar surface area (TPSA) is 67.9 Å². The van der Waals surface area contributed by atoms with Crippen molar-refractivity contribution in [3.05, 3.63) is 64.3 Å². The van der Waals surface area contributed by atoms with Gasteiger partial charge in [0.05, 0.1) is 10.9 Å². The van der Waals surface area contributed by atoms with Crippen molar-refractivity contribution in [2.45, 2.75) is 49.9 Å². The van der Waals surface area contributed by atoms with Crippen LogP contribution in [-0.2, 0) is 9.59 Å². The van der Waals surface area contributed by atoms with E-state index in [-0.39, 0.29) is 41.5 Å². The summed E-state index contributed by atoms with van der Waals surface area (Å²) >= 11 is 1.53. The Morgan fingerprint density at radius 2 is 1.94 bits per heavy atom. The van der Waals surface area contributed by atoms with Gasteiger partial charge in [-0.1, -0.05) is 37.1 Å². The van der Waals surface area contributed by atoms with Gasteiger partial charge in [-0.3, -0.25) is 9.59 Å². The quantitative estimate of drug-likeness (QED) is 0.608. The van der Waals surface area contributed by atoms with E-state index in [1.807, 2.05) is 25.1 Å². The molecule has 1 N–H and O–H groups in total. The number of nitrogens with zero attached hydrogens (tertiary/aromatic N) is 1. The molecule has 5 rings (SSSR count). The minimum atomic E-state index is -0.364. The highest BCUT2D eigenvalue weighted by atomic mass is 32.2. The fraction of sp³-hybridized carbons (Fsp3) is 0.407. The van der Waals surface area contributed by atoms with Gasteiger partial charge in [-0.25, -0.2) is 4.39 Å². The van der Waals surface area contributed by atoms with Crippen molar-refractivity contribution in [3.63, 3.8) is 0 Å². The van der Waals surface area contributed by atoms with Crippen molar-refractivity contribution in [1.82, 2.24) is 10.2 Å². The van der Waals surface area contributed by atoms with Crippen LogP contribution in [0.15, 0.2) is 47.4 Å². The fourth-order valence-electron chi connectivity index (χ4n) is 4.95. The monoisotopic (exact) mass is 496 g/mol. The predicted molar refractivity (Wildman–Crippen MR) is 134 cm³/mol. The summed E-state index contributed by atoms with van der Waals surface area (Å²) in [5, 5.41) is 3.24. The van der Waals surface area contributed by atoms with Crippen LogP contribution in [-0.4, -0.2) is 47.8 Å². The van der Waals surface area contributed by atoms with Crippen LogP contribution >= 0.6 is 11.8 Å². The number of carbonyl (C=O) groups is 2. The number of hydrogen-bond donors (Lipinski definition) is 1. The number of halogens is 1. The molecule has 2 amide bonds. The SMILES string of the molecule is CC(NC(=O)CN1C(=O)/C(=C/c2ccccc2F)SC2CCCCC21)c1ccc2c(c1)OCCO2. The van der Waals surface area contributed by atoms with E-state index in [9.17, 15) is 14.0 Å². The Hall–Kier alpha value is -3.00. The van der Waals surface area contributed by atoms with Crippen molar-refractivity contribution in [2.75, 3.05) is 19.8 Å². The van der Waals surface area contributed by atoms with Crippen LogP contribution in [0.2, 0.25) is 0 Å². The third-order valence-corrected chi connectivity index (χ3v) is 8.17. The third-order valence-electron chi connectivity index (χ3n) is 6.77. The van der Waals surface area contributed by atoms with E-state index < -0.39 is 0 Å². The van der Waals surface area contributed by atoms with Crippen LogP contribution < -0.4 is 14.8 Å². The average molecular weight is 497 g/mol. The Kier molecular flexibility index (Phi) is 7.00. The van der Waals surface area contributed by atoms with Crippen molar-refractivity contribution in [1.29, 1.82) is 0 Å². The number of fused-ring (bicyclic) bond motifs is 2. The lowest BCUT2D eigenvalue weighted by Gasteiger charge is -2.44. The lowest BCUT2D eigenvalue weighted by molar-refractivity contribution is -0.135. The van der Waals surface area contributed by atoms with Gasteiger partial charge in [0.25, 0.3) is 5.91 Å². The lowest BCUT2D eigenvalue weighted by Crippen LogP contribution is -2.54. The van der Waals surface area contributed by atoms with Gasteiger partial charge in [0.2, 0.25) is 5.91 Å². The van der Waals surface area contributed by atoms with Crippen LogP contribution in [0.3, 0.4) is 0 Å². The molecular formula is C27H29FN2O4S. The number of thioether (sulfide) groups is 1. The highest BCUT2D eigenvalue weighted by Crippen LogP contribution is 2.42. The second-order valence-electron chi connectivity index (χ2n) is 9.16. The Bertz CT molecular complexity index is 1150. The molecule has 3 aliphatic rings. The third kappa shape index (κ3) is 5.17. The minimum absolute atomic E-state index is 0.00868. The van der Waals surface area contributed by atoms with Gasteiger partial charge in [-0.2, -0.15) is 0 Å². The van der Waals surface area contributed by atoms with E-state index in [4.69, 9.17) is 9.47 Å². The van der Waals surface area contributed by atoms with Crippen molar-refractivity contribution < 1.29 is 23.5 Å². The number of amides is 2. The van der Waals surface area contributed by atoms with Gasteiger partial charge in [-0.15, -0.1) is 11.8 Å². The number of ether oxygens (including phenoxy) is 2. The van der Waals surface area contributed by atoms with Crippen molar-refractivity contribution in [3.8, 4) is 11.5 Å². The van der Waals surface area contributed by atoms with E-state index in [2.05, 4.69) is 5.32 Å². The molecule has 0 bridgehead atoms. The standard InChI is InChI=1S/C27H29FN2O4S/c1-17(18-10-11-22-23(14-18)34-13-12-33-22)29-26(31)16-30-21-8-4-5-9-24(21)35-25(27(30)32)15-19-6-2-3-7-20(19)28/h2-3,6-7,10-11,14-15,17,21,24H,4-5,8-9,12-13,16H2,1H3,(H,29,31)/b25-15-.